The molecule has 148 valence electrons. The van der Waals surface area contributed by atoms with Gasteiger partial charge in [-0.15, -0.1) is 0 Å². The molecule has 0 saturated carbocycles. The van der Waals surface area contributed by atoms with Crippen molar-refractivity contribution in [2.45, 2.75) is 25.9 Å². The number of rotatable bonds is 6. The maximum atomic E-state index is 12.7. The number of hydrogen-bond acceptors (Lipinski definition) is 6. The lowest BCUT2D eigenvalue weighted by Gasteiger charge is -2.23. The molecule has 6 heteroatoms. The van der Waals surface area contributed by atoms with Crippen LogP contribution in [0.15, 0.2) is 59.1 Å². The van der Waals surface area contributed by atoms with E-state index < -0.39 is 5.97 Å². The van der Waals surface area contributed by atoms with E-state index in [4.69, 9.17) is 9.15 Å². The third-order valence-electron chi connectivity index (χ3n) is 5.13. The van der Waals surface area contributed by atoms with Gasteiger partial charge in [0.2, 0.25) is 11.5 Å². The van der Waals surface area contributed by atoms with Crippen LogP contribution >= 0.6 is 0 Å². The molecule has 0 bridgehead atoms. The van der Waals surface area contributed by atoms with Crippen molar-refractivity contribution in [3.8, 4) is 5.75 Å². The lowest BCUT2D eigenvalue weighted by atomic mass is 9.81. The first kappa shape index (κ1) is 18.9. The number of methoxy groups -OCH3 is 1. The van der Waals surface area contributed by atoms with Crippen molar-refractivity contribution >= 4 is 11.8 Å². The van der Waals surface area contributed by atoms with Crippen molar-refractivity contribution in [2.75, 3.05) is 7.11 Å². The summed E-state index contributed by atoms with van der Waals surface area (Å²) in [5, 5.41) is 0. The smallest absolute Gasteiger partial charge is 0.375 e. The van der Waals surface area contributed by atoms with E-state index in [0.717, 1.165) is 23.3 Å². The van der Waals surface area contributed by atoms with Crippen molar-refractivity contribution in [1.29, 1.82) is 0 Å². The Morgan fingerprint density at radius 1 is 1.14 bits per heavy atom. The summed E-state index contributed by atoms with van der Waals surface area (Å²) in [6.45, 7) is 0.521. The second-order valence-corrected chi connectivity index (χ2v) is 7.03. The first-order chi connectivity index (χ1) is 14.1. The number of Topliss-reactive ketones (excluding diaryl/α,β-unsaturated/α-hetero) is 1. The predicted octanol–water partition coefficient (Wildman–Crippen LogP) is 4.03. The van der Waals surface area contributed by atoms with Crippen LogP contribution < -0.4 is 4.74 Å². The third-order valence-corrected chi connectivity index (χ3v) is 5.13. The summed E-state index contributed by atoms with van der Waals surface area (Å²) in [7, 11) is 1.25. The van der Waals surface area contributed by atoms with E-state index in [0.29, 0.717) is 19.4 Å². The first-order valence-corrected chi connectivity index (χ1v) is 9.51. The van der Waals surface area contributed by atoms with E-state index in [1.54, 1.807) is 0 Å². The Bertz CT molecular complexity index is 1020. The van der Waals surface area contributed by atoms with Crippen LogP contribution in [0.5, 0.6) is 5.75 Å². The summed E-state index contributed by atoms with van der Waals surface area (Å²) >= 11 is 0. The first-order valence-electron chi connectivity index (χ1n) is 9.51. The zero-order valence-electron chi connectivity index (χ0n) is 16.1. The molecule has 29 heavy (non-hydrogen) atoms. The van der Waals surface area contributed by atoms with Crippen LogP contribution in [0.25, 0.3) is 0 Å². The van der Waals surface area contributed by atoms with E-state index in [1.165, 1.54) is 18.9 Å². The summed E-state index contributed by atoms with van der Waals surface area (Å²) in [5.74, 6) is -0.326. The number of aromatic nitrogens is 1. The fourth-order valence-electron chi connectivity index (χ4n) is 3.54. The number of ketones is 1. The molecular weight excluding hydrogens is 370 g/mol. The predicted molar refractivity (Wildman–Crippen MR) is 105 cm³/mol. The number of carbonyl (C=O) groups excluding carboxylic acids is 2. The number of ether oxygens (including phenoxy) is 2. The van der Waals surface area contributed by atoms with E-state index in [1.807, 2.05) is 42.5 Å². The number of esters is 1. The molecule has 1 heterocycles. The van der Waals surface area contributed by atoms with Crippen LogP contribution in [0.3, 0.4) is 0 Å². The Balaban J connectivity index is 1.41. The normalized spacial score (nSPS) is 15.4. The van der Waals surface area contributed by atoms with E-state index in [-0.39, 0.29) is 23.4 Å². The molecule has 0 radical (unpaired) electrons. The molecule has 1 aromatic heterocycles. The molecule has 0 fully saturated rings. The largest absolute Gasteiger partial charge is 0.489 e. The van der Waals surface area contributed by atoms with Gasteiger partial charge in [-0.25, -0.2) is 9.78 Å². The standard InChI is InChI=1S/C23H21NO5/c1-27-23(26)20-13-24-22(29-20)21(25)18-8-7-17-12-19(10-9-16(17)11-18)28-14-15-5-3-2-4-6-15/h2-6,9-10,12-13,18H,7-8,11,14H2,1H3/t18-/m1/s1. The monoisotopic (exact) mass is 391 g/mol. The summed E-state index contributed by atoms with van der Waals surface area (Å²) < 4.78 is 15.8. The molecule has 2 aromatic carbocycles. The van der Waals surface area contributed by atoms with Crippen molar-refractivity contribution in [1.82, 2.24) is 4.98 Å². The van der Waals surface area contributed by atoms with Crippen molar-refractivity contribution in [3.63, 3.8) is 0 Å². The molecule has 0 saturated heterocycles. The highest BCUT2D eigenvalue weighted by Gasteiger charge is 2.29. The molecule has 1 aliphatic rings. The minimum atomic E-state index is -0.645. The van der Waals surface area contributed by atoms with Crippen molar-refractivity contribution in [3.05, 3.63) is 83.1 Å². The number of benzene rings is 2. The number of carbonyl (C=O) groups is 2. The molecule has 1 aliphatic carbocycles. The van der Waals surface area contributed by atoms with Gasteiger partial charge in [-0.3, -0.25) is 4.79 Å². The van der Waals surface area contributed by atoms with Crippen LogP contribution in [0.2, 0.25) is 0 Å². The number of oxazole rings is 1. The van der Waals surface area contributed by atoms with Gasteiger partial charge in [0.25, 0.3) is 5.89 Å². The maximum Gasteiger partial charge on any atom is 0.375 e. The topological polar surface area (TPSA) is 78.6 Å². The Kier molecular flexibility index (Phi) is 5.42. The zero-order valence-corrected chi connectivity index (χ0v) is 16.1. The van der Waals surface area contributed by atoms with Gasteiger partial charge < -0.3 is 13.9 Å². The average Bonchev–Trinajstić information content (AvgIpc) is 3.27. The van der Waals surface area contributed by atoms with Crippen LogP contribution in [0.1, 0.15) is 44.4 Å². The van der Waals surface area contributed by atoms with Gasteiger partial charge in [0, 0.05) is 5.92 Å². The Morgan fingerprint density at radius 3 is 2.76 bits per heavy atom. The van der Waals surface area contributed by atoms with Crippen LogP contribution in [-0.4, -0.2) is 23.8 Å². The Hall–Kier alpha value is -3.41. The van der Waals surface area contributed by atoms with Crippen molar-refractivity contribution < 1.29 is 23.5 Å². The molecule has 0 unspecified atom stereocenters. The van der Waals surface area contributed by atoms with Gasteiger partial charge in [-0.05, 0) is 48.1 Å². The molecule has 6 nitrogen and oxygen atoms in total. The lowest BCUT2D eigenvalue weighted by Crippen LogP contribution is -2.23. The quantitative estimate of drug-likeness (QED) is 0.466. The molecule has 3 aromatic rings. The van der Waals surface area contributed by atoms with E-state index in [2.05, 4.69) is 15.8 Å². The fraction of sp³-hybridized carbons (Fsp3) is 0.261. The fourth-order valence-corrected chi connectivity index (χ4v) is 3.54. The molecule has 1 atom stereocenters. The van der Waals surface area contributed by atoms with E-state index >= 15 is 0 Å². The second kappa shape index (κ2) is 8.31. The highest BCUT2D eigenvalue weighted by Crippen LogP contribution is 2.30. The van der Waals surface area contributed by atoms with Crippen LogP contribution in [-0.2, 0) is 24.2 Å². The van der Waals surface area contributed by atoms with Crippen molar-refractivity contribution in [2.24, 2.45) is 5.92 Å². The van der Waals surface area contributed by atoms with Gasteiger partial charge >= 0.3 is 5.97 Å². The SMILES string of the molecule is COC(=O)c1cnc(C(=O)[C@@H]2CCc3cc(OCc4ccccc4)ccc3C2)o1. The molecule has 0 amide bonds. The maximum absolute atomic E-state index is 12.7. The summed E-state index contributed by atoms with van der Waals surface area (Å²) in [5.41, 5.74) is 3.44. The number of fused-ring (bicyclic) bond motifs is 1. The zero-order chi connectivity index (χ0) is 20.2. The molecular formula is C23H21NO5. The van der Waals surface area contributed by atoms with Crippen LogP contribution in [0.4, 0.5) is 0 Å². The van der Waals surface area contributed by atoms with Gasteiger partial charge in [-0.2, -0.15) is 0 Å². The number of nitrogens with zero attached hydrogens (tertiary/aromatic N) is 1. The summed E-state index contributed by atoms with van der Waals surface area (Å²) in [6.07, 6.45) is 3.32. The lowest BCUT2D eigenvalue weighted by molar-refractivity contribution is 0.0562. The summed E-state index contributed by atoms with van der Waals surface area (Å²) in [6, 6.07) is 16.0. The molecule has 0 spiro atoms. The number of hydrogen-bond donors (Lipinski definition) is 0. The Morgan fingerprint density at radius 2 is 1.97 bits per heavy atom. The van der Waals surface area contributed by atoms with E-state index in [9.17, 15) is 9.59 Å². The highest BCUT2D eigenvalue weighted by atomic mass is 16.5. The van der Waals surface area contributed by atoms with Gasteiger partial charge in [0.05, 0.1) is 13.3 Å². The minimum Gasteiger partial charge on any atom is -0.489 e. The van der Waals surface area contributed by atoms with Gasteiger partial charge in [0.15, 0.2) is 0 Å². The summed E-state index contributed by atoms with van der Waals surface area (Å²) in [4.78, 5) is 28.2. The number of aryl methyl sites for hydroxylation is 1. The van der Waals surface area contributed by atoms with Crippen LogP contribution in [0, 0.1) is 5.92 Å². The van der Waals surface area contributed by atoms with Gasteiger partial charge in [-0.1, -0.05) is 36.4 Å². The second-order valence-electron chi connectivity index (χ2n) is 7.03. The van der Waals surface area contributed by atoms with Gasteiger partial charge in [0.1, 0.15) is 12.4 Å². The molecule has 0 aliphatic heterocycles. The third kappa shape index (κ3) is 4.21. The molecule has 4 rings (SSSR count). The molecule has 0 N–H and O–H groups in total. The highest BCUT2D eigenvalue weighted by molar-refractivity contribution is 5.95. The Labute approximate surface area is 168 Å². The average molecular weight is 391 g/mol. The minimum absolute atomic E-state index is 0.0401.